The van der Waals surface area contributed by atoms with E-state index < -0.39 is 0 Å². The van der Waals surface area contributed by atoms with Gasteiger partial charge in [0.15, 0.2) is 18.1 Å². The van der Waals surface area contributed by atoms with Crippen molar-refractivity contribution in [2.45, 2.75) is 6.92 Å². The summed E-state index contributed by atoms with van der Waals surface area (Å²) in [6.07, 6.45) is 1.48. The van der Waals surface area contributed by atoms with E-state index in [4.69, 9.17) is 4.74 Å². The standard InChI is InChI=1S/C22H17N7O3/c1-12(30)25-15-3-2-4-16(8-15)26-22-20(28-21-14(9-23)10-24-29(21)22)13-5-6-18-17(7-13)27-19(31)11-32-18/h2-8,10,26,28H,11H2,1H3,(H,25,30)(H,27,31). The summed E-state index contributed by atoms with van der Waals surface area (Å²) in [6, 6.07) is 14.8. The number of ether oxygens (including phenoxy) is 1. The summed E-state index contributed by atoms with van der Waals surface area (Å²) < 4.78 is 7.05. The summed E-state index contributed by atoms with van der Waals surface area (Å²) in [7, 11) is 0. The Kier molecular flexibility index (Phi) is 4.49. The Balaban J connectivity index is 1.61. The predicted octanol–water partition coefficient (Wildman–Crippen LogP) is 3.23. The van der Waals surface area contributed by atoms with Gasteiger partial charge in [-0.25, -0.2) is 0 Å². The molecule has 1 aliphatic heterocycles. The minimum absolute atomic E-state index is 0.0222. The molecule has 2 aromatic heterocycles. The van der Waals surface area contributed by atoms with Gasteiger partial charge in [-0.1, -0.05) is 6.07 Å². The molecule has 158 valence electrons. The van der Waals surface area contributed by atoms with Crippen molar-refractivity contribution in [2.24, 2.45) is 0 Å². The second-order valence-electron chi connectivity index (χ2n) is 7.21. The highest BCUT2D eigenvalue weighted by Gasteiger charge is 2.21. The molecule has 1 aliphatic rings. The number of H-pyrrole nitrogens is 1. The highest BCUT2D eigenvalue weighted by atomic mass is 16.5. The van der Waals surface area contributed by atoms with E-state index in [0.29, 0.717) is 45.5 Å². The number of nitrogens with zero attached hydrogens (tertiary/aromatic N) is 3. The molecule has 4 aromatic rings. The van der Waals surface area contributed by atoms with Crippen molar-refractivity contribution >= 4 is 40.3 Å². The van der Waals surface area contributed by atoms with E-state index in [0.717, 1.165) is 5.56 Å². The number of nitrogens with one attached hydrogen (secondary N) is 4. The van der Waals surface area contributed by atoms with Gasteiger partial charge < -0.3 is 25.7 Å². The van der Waals surface area contributed by atoms with Gasteiger partial charge in [-0.05, 0) is 36.4 Å². The fraction of sp³-hybridized carbons (Fsp3) is 0.0909. The normalized spacial score (nSPS) is 12.4. The lowest BCUT2D eigenvalue weighted by molar-refractivity contribution is -0.118. The Hall–Kier alpha value is -4.78. The van der Waals surface area contributed by atoms with Crippen molar-refractivity contribution in [1.82, 2.24) is 14.6 Å². The highest BCUT2D eigenvalue weighted by molar-refractivity contribution is 5.96. The lowest BCUT2D eigenvalue weighted by atomic mass is 10.1. The van der Waals surface area contributed by atoms with Crippen LogP contribution in [-0.2, 0) is 9.59 Å². The number of anilines is 4. The van der Waals surface area contributed by atoms with Crippen molar-refractivity contribution in [2.75, 3.05) is 22.6 Å². The van der Waals surface area contributed by atoms with E-state index in [9.17, 15) is 14.9 Å². The molecule has 0 spiro atoms. The van der Waals surface area contributed by atoms with Crippen LogP contribution in [0.25, 0.3) is 16.9 Å². The summed E-state index contributed by atoms with van der Waals surface area (Å²) in [6.45, 7) is 1.42. The van der Waals surface area contributed by atoms with Crippen LogP contribution < -0.4 is 20.7 Å². The number of nitriles is 1. The second kappa shape index (κ2) is 7.48. The topological polar surface area (TPSA) is 136 Å². The van der Waals surface area contributed by atoms with Crippen LogP contribution in [0.1, 0.15) is 12.5 Å². The van der Waals surface area contributed by atoms with Gasteiger partial charge in [0.05, 0.1) is 17.6 Å². The molecule has 10 heteroatoms. The number of imidazole rings is 1. The molecule has 0 aliphatic carbocycles. The van der Waals surface area contributed by atoms with Crippen molar-refractivity contribution in [3.05, 3.63) is 54.2 Å². The minimum atomic E-state index is -0.226. The van der Waals surface area contributed by atoms with Gasteiger partial charge in [-0.15, -0.1) is 0 Å². The van der Waals surface area contributed by atoms with Gasteiger partial charge in [0.1, 0.15) is 17.4 Å². The maximum absolute atomic E-state index is 11.7. The van der Waals surface area contributed by atoms with Crippen molar-refractivity contribution in [1.29, 1.82) is 5.26 Å². The fourth-order valence-electron chi connectivity index (χ4n) is 3.58. The van der Waals surface area contributed by atoms with E-state index in [2.05, 4.69) is 32.1 Å². The third-order valence-corrected chi connectivity index (χ3v) is 4.93. The first-order chi connectivity index (χ1) is 15.5. The van der Waals surface area contributed by atoms with Gasteiger partial charge in [0, 0.05) is 23.9 Å². The zero-order valence-electron chi connectivity index (χ0n) is 16.9. The second-order valence-corrected chi connectivity index (χ2v) is 7.21. The van der Waals surface area contributed by atoms with Crippen LogP contribution in [0.15, 0.2) is 48.7 Å². The van der Waals surface area contributed by atoms with Crippen LogP contribution in [0.5, 0.6) is 5.75 Å². The summed E-state index contributed by atoms with van der Waals surface area (Å²) >= 11 is 0. The van der Waals surface area contributed by atoms with Crippen molar-refractivity contribution in [3.63, 3.8) is 0 Å². The van der Waals surface area contributed by atoms with Crippen LogP contribution in [0.2, 0.25) is 0 Å². The molecular weight excluding hydrogens is 410 g/mol. The summed E-state index contributed by atoms with van der Waals surface area (Å²) in [5, 5.41) is 22.7. The monoisotopic (exact) mass is 427 g/mol. The number of hydrogen-bond acceptors (Lipinski definition) is 6. The lowest BCUT2D eigenvalue weighted by Gasteiger charge is -2.18. The molecular formula is C22H17N7O3. The van der Waals surface area contributed by atoms with Crippen LogP contribution in [0.3, 0.4) is 0 Å². The number of hydrogen-bond donors (Lipinski definition) is 4. The Bertz CT molecular complexity index is 1430. The number of benzene rings is 2. The fourth-order valence-corrected chi connectivity index (χ4v) is 3.58. The zero-order chi connectivity index (χ0) is 22.2. The first-order valence-electron chi connectivity index (χ1n) is 9.73. The molecule has 3 heterocycles. The van der Waals surface area contributed by atoms with Crippen molar-refractivity contribution in [3.8, 4) is 23.1 Å². The highest BCUT2D eigenvalue weighted by Crippen LogP contribution is 2.37. The maximum atomic E-state index is 11.7. The van der Waals surface area contributed by atoms with E-state index in [1.54, 1.807) is 28.8 Å². The van der Waals surface area contributed by atoms with Gasteiger partial charge >= 0.3 is 0 Å². The molecule has 2 aromatic carbocycles. The van der Waals surface area contributed by atoms with Crippen molar-refractivity contribution < 1.29 is 14.3 Å². The SMILES string of the molecule is CC(=O)Nc1cccc(Nc2c(-c3ccc4c(c3)NC(=O)CO4)[nH]c3c(C#N)cnn23)c1. The average Bonchev–Trinajstić information content (AvgIpc) is 3.33. The number of carbonyl (C=O) groups is 2. The molecule has 2 amide bonds. The minimum Gasteiger partial charge on any atom is -0.482 e. The maximum Gasteiger partial charge on any atom is 0.262 e. The van der Waals surface area contributed by atoms with E-state index in [1.807, 2.05) is 18.2 Å². The summed E-state index contributed by atoms with van der Waals surface area (Å²) in [5.41, 5.74) is 4.25. The first kappa shape index (κ1) is 19.2. The zero-order valence-corrected chi connectivity index (χ0v) is 16.9. The summed E-state index contributed by atoms with van der Waals surface area (Å²) in [5.74, 6) is 0.774. The number of amides is 2. The van der Waals surface area contributed by atoms with Gasteiger partial charge in [-0.3, -0.25) is 9.59 Å². The molecule has 0 fully saturated rings. The first-order valence-corrected chi connectivity index (χ1v) is 9.73. The number of rotatable bonds is 4. The molecule has 0 saturated carbocycles. The third kappa shape index (κ3) is 3.37. The molecule has 4 N–H and O–H groups in total. The Labute approximate surface area is 181 Å². The Morgan fingerprint density at radius 2 is 2.09 bits per heavy atom. The molecule has 0 atom stereocenters. The smallest absolute Gasteiger partial charge is 0.262 e. The van der Waals surface area contributed by atoms with E-state index >= 15 is 0 Å². The van der Waals surface area contributed by atoms with Gasteiger partial charge in [0.2, 0.25) is 5.91 Å². The van der Waals surface area contributed by atoms with Crippen LogP contribution in [0.4, 0.5) is 22.9 Å². The van der Waals surface area contributed by atoms with E-state index in [1.165, 1.54) is 13.1 Å². The molecule has 5 rings (SSSR count). The Morgan fingerprint density at radius 3 is 2.91 bits per heavy atom. The number of aromatic nitrogens is 3. The van der Waals surface area contributed by atoms with Gasteiger partial charge in [-0.2, -0.15) is 14.9 Å². The van der Waals surface area contributed by atoms with E-state index in [-0.39, 0.29) is 18.4 Å². The molecule has 0 saturated heterocycles. The molecule has 0 unspecified atom stereocenters. The largest absolute Gasteiger partial charge is 0.482 e. The number of aromatic amines is 1. The average molecular weight is 427 g/mol. The summed E-state index contributed by atoms with van der Waals surface area (Å²) in [4.78, 5) is 26.4. The van der Waals surface area contributed by atoms with Gasteiger partial charge in [0.25, 0.3) is 5.91 Å². The van der Waals surface area contributed by atoms with Crippen LogP contribution in [-0.4, -0.2) is 33.0 Å². The third-order valence-electron chi connectivity index (χ3n) is 4.93. The Morgan fingerprint density at radius 1 is 1.25 bits per heavy atom. The molecule has 0 radical (unpaired) electrons. The van der Waals surface area contributed by atoms with Crippen LogP contribution >= 0.6 is 0 Å². The quantitative estimate of drug-likeness (QED) is 0.395. The molecule has 0 bridgehead atoms. The number of carbonyl (C=O) groups excluding carboxylic acids is 2. The number of fused-ring (bicyclic) bond motifs is 2. The molecule has 32 heavy (non-hydrogen) atoms. The lowest BCUT2D eigenvalue weighted by Crippen LogP contribution is -2.25. The van der Waals surface area contributed by atoms with Crippen LogP contribution in [0, 0.1) is 11.3 Å². The molecule has 10 nitrogen and oxygen atoms in total. The predicted molar refractivity (Wildman–Crippen MR) is 118 cm³/mol.